The average molecular weight is 646 g/mol. The minimum atomic E-state index is -3.68. The van der Waals surface area contributed by atoms with E-state index < -0.39 is 34.0 Å². The fraction of sp³-hybridized carbons (Fsp3) is 0.583. The van der Waals surface area contributed by atoms with E-state index in [1.807, 2.05) is 13.8 Å². The van der Waals surface area contributed by atoms with E-state index in [4.69, 9.17) is 9.90 Å². The van der Waals surface area contributed by atoms with Gasteiger partial charge in [0.1, 0.15) is 0 Å². The van der Waals surface area contributed by atoms with Crippen molar-refractivity contribution in [3.8, 4) is 0 Å². The Hall–Kier alpha value is 0.897. The molecule has 0 spiro atoms. The number of carbonyl (C=O) groups is 2. The molecule has 0 aliphatic rings. The van der Waals surface area contributed by atoms with Crippen LogP contribution in [-0.2, 0) is 96.7 Å². The number of sulfonamides is 1. The van der Waals surface area contributed by atoms with Crippen molar-refractivity contribution >= 4 is 28.7 Å². The number of aliphatic carboxylic acids is 1. The molecule has 0 saturated heterocycles. The van der Waals surface area contributed by atoms with Crippen molar-refractivity contribution in [2.75, 3.05) is 6.26 Å². The molecule has 0 aliphatic carbocycles. The first kappa shape index (κ1) is 39.8. The molecule has 0 aromatic carbocycles. The first-order chi connectivity index (χ1) is 9.71. The fourth-order valence-corrected chi connectivity index (χ4v) is 1.65. The SMILES string of the molecule is CC.[CH-]=O.[CH2-]C[C@H]([N-]S(C)(=O)=O)C(=O)N[C@@H](C[CH2-])C(=O)O.[V].[W+2].[Y]. The van der Waals surface area contributed by atoms with Crippen LogP contribution in [0.4, 0.5) is 0 Å². The Morgan fingerprint density at radius 3 is 1.79 bits per heavy atom. The fourth-order valence-electron chi connectivity index (χ4n) is 0.988. The molecule has 0 aromatic rings. The summed E-state index contributed by atoms with van der Waals surface area (Å²) in [5.41, 5.74) is 0. The van der Waals surface area contributed by atoms with Crippen LogP contribution in [0.5, 0.6) is 0 Å². The predicted molar refractivity (Wildman–Crippen MR) is 79.6 cm³/mol. The van der Waals surface area contributed by atoms with Gasteiger partial charge in [-0.3, -0.25) is 16.4 Å². The van der Waals surface area contributed by atoms with Gasteiger partial charge in [0.25, 0.3) is 0 Å². The van der Waals surface area contributed by atoms with E-state index in [1.54, 1.807) is 0 Å². The monoisotopic (exact) mass is 646 g/mol. The first-order valence-electron chi connectivity index (χ1n) is 5.98. The van der Waals surface area contributed by atoms with Gasteiger partial charge in [-0.15, -0.1) is 0 Å². The Labute approximate surface area is 196 Å². The summed E-state index contributed by atoms with van der Waals surface area (Å²) in [6.45, 7) is 14.0. The maximum absolute atomic E-state index is 11.5. The first-order valence-corrected chi connectivity index (χ1v) is 7.83. The van der Waals surface area contributed by atoms with Crippen LogP contribution in [0.2, 0.25) is 0 Å². The molecule has 0 bridgehead atoms. The molecule has 0 unspecified atom stereocenters. The molecular weight excluding hydrogens is 624 g/mol. The van der Waals surface area contributed by atoms with Crippen LogP contribution in [-0.4, -0.2) is 50.5 Å². The quantitative estimate of drug-likeness (QED) is 0.306. The zero-order valence-corrected chi connectivity index (χ0v) is 21.8. The Kier molecular flexibility index (Phi) is 39.6. The van der Waals surface area contributed by atoms with E-state index in [0.29, 0.717) is 0 Å². The van der Waals surface area contributed by atoms with Gasteiger partial charge in [0.05, 0.1) is 16.1 Å². The van der Waals surface area contributed by atoms with Crippen molar-refractivity contribution in [1.82, 2.24) is 5.32 Å². The molecule has 0 aliphatic heterocycles. The molecular formula is C12H22N2O6SVWY-2. The second kappa shape index (κ2) is 23.9. The Morgan fingerprint density at radius 2 is 1.58 bits per heavy atom. The van der Waals surface area contributed by atoms with Gasteiger partial charge >= 0.3 is 27.0 Å². The summed E-state index contributed by atoms with van der Waals surface area (Å²) < 4.78 is 25.0. The summed E-state index contributed by atoms with van der Waals surface area (Å²) in [7, 11) is -3.68. The van der Waals surface area contributed by atoms with Gasteiger partial charge in [-0.25, -0.2) is 8.42 Å². The van der Waals surface area contributed by atoms with Crippen molar-refractivity contribution in [2.45, 2.75) is 38.8 Å². The topological polar surface area (TPSA) is 132 Å². The number of carbonyl (C=O) groups excluding carboxylic acids is 2. The number of hydrogen-bond acceptors (Lipinski definition) is 5. The van der Waals surface area contributed by atoms with Crippen molar-refractivity contribution < 1.29 is 100 Å². The van der Waals surface area contributed by atoms with Crippen molar-refractivity contribution in [3.63, 3.8) is 0 Å². The Bertz CT molecular complexity index is 414. The van der Waals surface area contributed by atoms with Gasteiger partial charge in [-0.1, -0.05) is 19.9 Å². The molecule has 0 saturated carbocycles. The van der Waals surface area contributed by atoms with Crippen LogP contribution < -0.4 is 5.32 Å². The van der Waals surface area contributed by atoms with E-state index >= 15 is 0 Å². The van der Waals surface area contributed by atoms with Crippen molar-refractivity contribution in [3.05, 3.63) is 18.6 Å². The van der Waals surface area contributed by atoms with Crippen LogP contribution in [0.25, 0.3) is 4.72 Å². The normalized spacial score (nSPS) is 11.0. The molecule has 1 amide bonds. The number of carboxylic acids is 1. The van der Waals surface area contributed by atoms with E-state index in [2.05, 4.69) is 30.7 Å². The van der Waals surface area contributed by atoms with Crippen molar-refractivity contribution in [2.24, 2.45) is 0 Å². The molecule has 0 fully saturated rings. The maximum Gasteiger partial charge on any atom is 2.00 e. The average Bonchev–Trinajstić information content (AvgIpc) is 2.44. The number of rotatable bonds is 7. The van der Waals surface area contributed by atoms with Gasteiger partial charge in [0.15, 0.2) is 0 Å². The van der Waals surface area contributed by atoms with Crippen LogP contribution in [0.15, 0.2) is 0 Å². The minimum Gasteiger partial charge on any atom is -0.545 e. The van der Waals surface area contributed by atoms with E-state index in [9.17, 15) is 18.0 Å². The molecule has 24 heavy (non-hydrogen) atoms. The van der Waals surface area contributed by atoms with Gasteiger partial charge in [0.2, 0.25) is 5.91 Å². The van der Waals surface area contributed by atoms with Gasteiger partial charge in [-0.05, 0) is 0 Å². The Morgan fingerprint density at radius 1 is 1.21 bits per heavy atom. The number of amides is 1. The zero-order valence-electron chi connectivity index (χ0n) is 13.8. The predicted octanol–water partition coefficient (Wildman–Crippen LogP) is 0.451. The third kappa shape index (κ3) is 22.9. The van der Waals surface area contributed by atoms with Crippen LogP contribution >= 0.6 is 0 Å². The number of hydrogen-bond donors (Lipinski definition) is 2. The molecule has 2 radical (unpaired) electrons. The van der Waals surface area contributed by atoms with Crippen molar-refractivity contribution in [1.29, 1.82) is 0 Å². The molecule has 0 heterocycles. The molecule has 0 aromatic heterocycles. The molecule has 0 rings (SSSR count). The molecule has 138 valence electrons. The van der Waals surface area contributed by atoms with Crippen LogP contribution in [0.1, 0.15) is 26.7 Å². The van der Waals surface area contributed by atoms with Gasteiger partial charge in [-0.2, -0.15) is 12.8 Å². The van der Waals surface area contributed by atoms with E-state index in [1.165, 1.54) is 0 Å². The second-order valence-electron chi connectivity index (χ2n) is 3.33. The maximum atomic E-state index is 11.5. The van der Waals surface area contributed by atoms with E-state index in [0.717, 1.165) is 6.26 Å². The summed E-state index contributed by atoms with van der Waals surface area (Å²) >= 11 is 0. The summed E-state index contributed by atoms with van der Waals surface area (Å²) in [6.07, 6.45) is 0.713. The number of nitrogens with zero attached hydrogens (tertiary/aromatic N) is 1. The summed E-state index contributed by atoms with van der Waals surface area (Å²) in [6, 6.07) is -2.37. The third-order valence-corrected chi connectivity index (χ3v) is 2.44. The Balaban J connectivity index is -0.000000107. The molecule has 2 atom stereocenters. The van der Waals surface area contributed by atoms with Gasteiger partial charge < -0.3 is 33.8 Å². The second-order valence-corrected chi connectivity index (χ2v) is 5.01. The summed E-state index contributed by atoms with van der Waals surface area (Å²) in [5, 5.41) is 10.8. The standard InChI is InChI=1S/C9H15N2O5S.C2H6.CHO.V.W.Y/c1-4-6(11-17(3,15)16)8(12)10-7(5-2)9(13)14;2*1-2;;;/h6-7H,1-2,4-5H2,3H3,(H,10,12)(H,13,14);1-2H3;1H;;;/q-3;;-1;;+2;/t6-,7-;;;;;/m0...../s1. The van der Waals surface area contributed by atoms with E-state index in [-0.39, 0.29) is 85.2 Å². The third-order valence-electron chi connectivity index (χ3n) is 1.80. The zero-order chi connectivity index (χ0) is 17.6. The van der Waals surface area contributed by atoms with Crippen LogP contribution in [0, 0.1) is 13.8 Å². The molecule has 8 nitrogen and oxygen atoms in total. The molecule has 2 N–H and O–H groups in total. The van der Waals surface area contributed by atoms with Crippen LogP contribution in [0.3, 0.4) is 0 Å². The largest absolute Gasteiger partial charge is 2.00 e. The summed E-state index contributed by atoms with van der Waals surface area (Å²) in [5.74, 6) is -2.03. The molecule has 12 heteroatoms. The number of nitrogens with one attached hydrogen (secondary N) is 1. The summed E-state index contributed by atoms with van der Waals surface area (Å²) in [4.78, 5) is 29.9. The minimum absolute atomic E-state index is 0. The van der Waals surface area contributed by atoms with Gasteiger partial charge in [0, 0.05) is 57.5 Å². The smallest absolute Gasteiger partial charge is 0.545 e. The number of carboxylic acid groups (broad SMARTS) is 1.